The molecule has 0 spiro atoms. The van der Waals surface area contributed by atoms with Crippen molar-refractivity contribution in [1.29, 1.82) is 0 Å². The topological polar surface area (TPSA) is 38.3 Å². The largest absolute Gasteiger partial charge is 0.468 e. The number of esters is 1. The number of aryl methyl sites for hydroxylation is 1. The van der Waals surface area contributed by atoms with Crippen LogP contribution in [-0.4, -0.2) is 19.1 Å². The number of hydrogen-bond acceptors (Lipinski definition) is 3. The zero-order valence-electron chi connectivity index (χ0n) is 11.1. The van der Waals surface area contributed by atoms with E-state index in [-0.39, 0.29) is 18.1 Å². The molecule has 1 N–H and O–H groups in total. The van der Waals surface area contributed by atoms with Gasteiger partial charge in [-0.3, -0.25) is 10.1 Å². The van der Waals surface area contributed by atoms with Gasteiger partial charge in [-0.1, -0.05) is 31.2 Å². The van der Waals surface area contributed by atoms with Gasteiger partial charge in [0.25, 0.3) is 0 Å². The van der Waals surface area contributed by atoms with Gasteiger partial charge in [-0.15, -0.1) is 0 Å². The summed E-state index contributed by atoms with van der Waals surface area (Å²) in [6.07, 6.45) is 4.16. The number of fused-ring (bicyclic) bond motifs is 1. The van der Waals surface area contributed by atoms with Crippen molar-refractivity contribution in [1.82, 2.24) is 5.32 Å². The van der Waals surface area contributed by atoms with E-state index in [4.69, 9.17) is 4.74 Å². The lowest BCUT2D eigenvalue weighted by Gasteiger charge is -2.29. The maximum Gasteiger partial charge on any atom is 0.322 e. The minimum Gasteiger partial charge on any atom is -0.468 e. The van der Waals surface area contributed by atoms with Gasteiger partial charge >= 0.3 is 5.97 Å². The molecule has 0 bridgehead atoms. The summed E-state index contributed by atoms with van der Waals surface area (Å²) < 4.78 is 4.83. The molecule has 0 saturated heterocycles. The Hall–Kier alpha value is -1.35. The molecule has 1 aliphatic rings. The van der Waals surface area contributed by atoms with Gasteiger partial charge in [0.05, 0.1) is 7.11 Å². The van der Waals surface area contributed by atoms with E-state index in [1.165, 1.54) is 24.7 Å². The summed E-state index contributed by atoms with van der Waals surface area (Å²) in [6.45, 7) is 2.00. The van der Waals surface area contributed by atoms with Crippen LogP contribution in [0.15, 0.2) is 24.3 Å². The van der Waals surface area contributed by atoms with Crippen LogP contribution in [-0.2, 0) is 16.0 Å². The quantitative estimate of drug-likeness (QED) is 0.831. The Labute approximate surface area is 109 Å². The van der Waals surface area contributed by atoms with Gasteiger partial charge in [-0.25, -0.2) is 0 Å². The fourth-order valence-corrected chi connectivity index (χ4v) is 2.66. The van der Waals surface area contributed by atoms with Crippen molar-refractivity contribution in [2.24, 2.45) is 0 Å². The van der Waals surface area contributed by atoms with E-state index in [0.29, 0.717) is 0 Å². The number of methoxy groups -OCH3 is 1. The van der Waals surface area contributed by atoms with Gasteiger partial charge in [0.2, 0.25) is 0 Å². The van der Waals surface area contributed by atoms with Gasteiger partial charge in [0.15, 0.2) is 0 Å². The fraction of sp³-hybridized carbons (Fsp3) is 0.533. The number of ether oxygens (including phenoxy) is 1. The highest BCUT2D eigenvalue weighted by Crippen LogP contribution is 2.29. The van der Waals surface area contributed by atoms with Crippen molar-refractivity contribution >= 4 is 5.97 Å². The highest BCUT2D eigenvalue weighted by Gasteiger charge is 2.25. The predicted molar refractivity (Wildman–Crippen MR) is 71.4 cm³/mol. The summed E-state index contributed by atoms with van der Waals surface area (Å²) in [5, 5.41) is 3.44. The molecule has 18 heavy (non-hydrogen) atoms. The Kier molecular flexibility index (Phi) is 4.37. The first kappa shape index (κ1) is 13.1. The summed E-state index contributed by atoms with van der Waals surface area (Å²) in [6, 6.07) is 8.57. The first-order chi connectivity index (χ1) is 8.76. The molecule has 0 amide bonds. The highest BCUT2D eigenvalue weighted by molar-refractivity contribution is 5.75. The Bertz CT molecular complexity index is 417. The molecule has 1 aromatic rings. The van der Waals surface area contributed by atoms with Crippen LogP contribution in [0, 0.1) is 0 Å². The van der Waals surface area contributed by atoms with Crippen molar-refractivity contribution in [3.63, 3.8) is 0 Å². The summed E-state index contributed by atoms with van der Waals surface area (Å²) in [7, 11) is 1.45. The molecule has 2 rings (SSSR count). The van der Waals surface area contributed by atoms with Crippen molar-refractivity contribution in [3.05, 3.63) is 35.4 Å². The Morgan fingerprint density at radius 1 is 1.50 bits per heavy atom. The normalized spacial score (nSPS) is 20.0. The summed E-state index contributed by atoms with van der Waals surface area (Å²) in [4.78, 5) is 11.6. The molecule has 3 heteroatoms. The van der Waals surface area contributed by atoms with Gasteiger partial charge in [-0.2, -0.15) is 0 Å². The molecule has 3 nitrogen and oxygen atoms in total. The number of carbonyl (C=O) groups is 1. The zero-order valence-corrected chi connectivity index (χ0v) is 11.1. The summed E-state index contributed by atoms with van der Waals surface area (Å²) >= 11 is 0. The predicted octanol–water partition coefficient (Wildman–Crippen LogP) is 2.61. The van der Waals surface area contributed by atoms with E-state index >= 15 is 0 Å². The lowest BCUT2D eigenvalue weighted by atomic mass is 9.87. The smallest absolute Gasteiger partial charge is 0.322 e. The molecule has 0 radical (unpaired) electrons. The van der Waals surface area contributed by atoms with E-state index in [9.17, 15) is 4.79 Å². The molecule has 2 atom stereocenters. The third kappa shape index (κ3) is 2.72. The minimum atomic E-state index is -0.203. The Morgan fingerprint density at radius 2 is 2.28 bits per heavy atom. The average molecular weight is 247 g/mol. The van der Waals surface area contributed by atoms with Crippen LogP contribution in [0.4, 0.5) is 0 Å². The molecule has 0 aromatic heterocycles. The maximum atomic E-state index is 11.6. The summed E-state index contributed by atoms with van der Waals surface area (Å²) in [5.74, 6) is -0.166. The van der Waals surface area contributed by atoms with E-state index in [1.807, 2.05) is 6.92 Å². The molecule has 1 aliphatic carbocycles. The third-order valence-corrected chi connectivity index (χ3v) is 3.67. The van der Waals surface area contributed by atoms with Gasteiger partial charge in [0, 0.05) is 6.04 Å². The molecule has 1 aromatic carbocycles. The van der Waals surface area contributed by atoms with Crippen LogP contribution >= 0.6 is 0 Å². The number of hydrogen-bond donors (Lipinski definition) is 1. The SMILES string of the molecule is CCC(NC1CCCc2ccccc21)C(=O)OC. The molecule has 2 unspecified atom stereocenters. The van der Waals surface area contributed by atoms with Crippen LogP contribution < -0.4 is 5.32 Å². The van der Waals surface area contributed by atoms with E-state index < -0.39 is 0 Å². The van der Waals surface area contributed by atoms with Gasteiger partial charge in [-0.05, 0) is 36.8 Å². The lowest BCUT2D eigenvalue weighted by Crippen LogP contribution is -2.40. The van der Waals surface area contributed by atoms with Crippen LogP contribution in [0.1, 0.15) is 43.4 Å². The van der Waals surface area contributed by atoms with E-state index in [1.54, 1.807) is 0 Å². The molecule has 98 valence electrons. The second-order valence-corrected chi connectivity index (χ2v) is 4.79. The second-order valence-electron chi connectivity index (χ2n) is 4.79. The van der Waals surface area contributed by atoms with Gasteiger partial charge < -0.3 is 4.74 Å². The molecule has 0 saturated carbocycles. The average Bonchev–Trinajstić information content (AvgIpc) is 2.44. The second kappa shape index (κ2) is 6.01. The van der Waals surface area contributed by atoms with Crippen molar-refractivity contribution < 1.29 is 9.53 Å². The Morgan fingerprint density at radius 3 is 3.00 bits per heavy atom. The van der Waals surface area contributed by atoms with Crippen LogP contribution in [0.3, 0.4) is 0 Å². The van der Waals surface area contributed by atoms with Gasteiger partial charge in [0.1, 0.15) is 6.04 Å². The van der Waals surface area contributed by atoms with Crippen LogP contribution in [0.5, 0.6) is 0 Å². The summed E-state index contributed by atoms with van der Waals surface area (Å²) in [5.41, 5.74) is 2.74. The molecule has 0 heterocycles. The third-order valence-electron chi connectivity index (χ3n) is 3.67. The van der Waals surface area contributed by atoms with Crippen molar-refractivity contribution in [2.45, 2.75) is 44.7 Å². The monoisotopic (exact) mass is 247 g/mol. The standard InChI is InChI=1S/C15H21NO2/c1-3-13(15(17)18-2)16-14-10-6-8-11-7-4-5-9-12(11)14/h4-5,7,9,13-14,16H,3,6,8,10H2,1-2H3. The molecule has 0 aliphatic heterocycles. The first-order valence-corrected chi connectivity index (χ1v) is 6.68. The van der Waals surface area contributed by atoms with Crippen molar-refractivity contribution in [3.8, 4) is 0 Å². The number of rotatable bonds is 4. The first-order valence-electron chi connectivity index (χ1n) is 6.68. The number of nitrogens with one attached hydrogen (secondary N) is 1. The zero-order chi connectivity index (χ0) is 13.0. The fourth-order valence-electron chi connectivity index (χ4n) is 2.66. The lowest BCUT2D eigenvalue weighted by molar-refractivity contribution is -0.143. The molecular weight excluding hydrogens is 226 g/mol. The van der Waals surface area contributed by atoms with E-state index in [0.717, 1.165) is 19.3 Å². The van der Waals surface area contributed by atoms with E-state index in [2.05, 4.69) is 29.6 Å². The molecule has 0 fully saturated rings. The van der Waals surface area contributed by atoms with Crippen LogP contribution in [0.25, 0.3) is 0 Å². The number of benzene rings is 1. The highest BCUT2D eigenvalue weighted by atomic mass is 16.5. The Balaban J connectivity index is 2.13. The number of carbonyl (C=O) groups excluding carboxylic acids is 1. The maximum absolute atomic E-state index is 11.6. The van der Waals surface area contributed by atoms with Crippen LogP contribution in [0.2, 0.25) is 0 Å². The molecular formula is C15H21NO2. The minimum absolute atomic E-state index is 0.166. The van der Waals surface area contributed by atoms with Crippen molar-refractivity contribution in [2.75, 3.05) is 7.11 Å².